The molecule has 5 heteroatoms. The number of carbonyl (C=O) groups excluding carboxylic acids is 1. The molecular weight excluding hydrogens is 220 g/mol. The van der Waals surface area contributed by atoms with E-state index in [0.717, 1.165) is 6.42 Å². The molecule has 1 aromatic carbocycles. The number of nitrogen functional groups attached to an aromatic ring is 2. The smallest absolute Gasteiger partial charge is 0.319 e. The van der Waals surface area contributed by atoms with Gasteiger partial charge in [0.25, 0.3) is 0 Å². The van der Waals surface area contributed by atoms with Crippen molar-refractivity contribution in [1.82, 2.24) is 0 Å². The van der Waals surface area contributed by atoms with Gasteiger partial charge in [0.1, 0.15) is 11.7 Å². The first-order chi connectivity index (χ1) is 8.11. The second-order valence-corrected chi connectivity index (χ2v) is 4.10. The summed E-state index contributed by atoms with van der Waals surface area (Å²) in [6.07, 6.45) is 0.789. The van der Waals surface area contributed by atoms with Gasteiger partial charge in [0.15, 0.2) is 0 Å². The molecule has 1 fully saturated rings. The highest BCUT2D eigenvalue weighted by Crippen LogP contribution is 2.27. The van der Waals surface area contributed by atoms with Crippen LogP contribution in [0.1, 0.15) is 13.3 Å². The number of ether oxygens (including phenoxy) is 2. The summed E-state index contributed by atoms with van der Waals surface area (Å²) in [6, 6.07) is 4.80. The molecular formula is C12H16N2O3. The van der Waals surface area contributed by atoms with Crippen molar-refractivity contribution >= 4 is 17.3 Å². The Balaban J connectivity index is 2.00. The highest BCUT2D eigenvalue weighted by molar-refractivity contribution is 5.77. The monoisotopic (exact) mass is 236 g/mol. The number of carbonyl (C=O) groups is 1. The van der Waals surface area contributed by atoms with E-state index in [1.165, 1.54) is 0 Å². The average molecular weight is 236 g/mol. The molecule has 0 bridgehead atoms. The summed E-state index contributed by atoms with van der Waals surface area (Å²) in [4.78, 5) is 11.8. The molecule has 4 N–H and O–H groups in total. The van der Waals surface area contributed by atoms with E-state index in [9.17, 15) is 4.79 Å². The van der Waals surface area contributed by atoms with Crippen LogP contribution in [0.4, 0.5) is 11.4 Å². The number of rotatable bonds is 3. The Hall–Kier alpha value is -1.75. The van der Waals surface area contributed by atoms with Crippen LogP contribution in [0.25, 0.3) is 0 Å². The zero-order valence-electron chi connectivity index (χ0n) is 9.68. The molecule has 1 aliphatic heterocycles. The molecule has 0 radical (unpaired) electrons. The Kier molecular flexibility index (Phi) is 3.19. The van der Waals surface area contributed by atoms with E-state index in [4.69, 9.17) is 20.9 Å². The second kappa shape index (κ2) is 4.63. The SMILES string of the molecule is CCC1OCC1C(=O)Oc1ccc(N)c(N)c1. The van der Waals surface area contributed by atoms with E-state index in [0.29, 0.717) is 23.7 Å². The summed E-state index contributed by atoms with van der Waals surface area (Å²) in [6.45, 7) is 2.41. The molecule has 0 saturated carbocycles. The van der Waals surface area contributed by atoms with Crippen LogP contribution in [-0.2, 0) is 9.53 Å². The number of benzene rings is 1. The van der Waals surface area contributed by atoms with Crippen LogP contribution >= 0.6 is 0 Å². The van der Waals surface area contributed by atoms with E-state index in [1.807, 2.05) is 6.92 Å². The van der Waals surface area contributed by atoms with Gasteiger partial charge in [-0.25, -0.2) is 0 Å². The van der Waals surface area contributed by atoms with Crippen molar-refractivity contribution in [2.24, 2.45) is 5.92 Å². The van der Waals surface area contributed by atoms with Crippen molar-refractivity contribution in [2.45, 2.75) is 19.4 Å². The second-order valence-electron chi connectivity index (χ2n) is 4.10. The van der Waals surface area contributed by atoms with Crippen molar-refractivity contribution in [3.05, 3.63) is 18.2 Å². The maximum atomic E-state index is 11.8. The fourth-order valence-electron chi connectivity index (χ4n) is 1.76. The predicted molar refractivity (Wildman–Crippen MR) is 64.4 cm³/mol. The van der Waals surface area contributed by atoms with Gasteiger partial charge in [-0.1, -0.05) is 6.92 Å². The number of anilines is 2. The Labute approximate surface area is 99.7 Å². The minimum Gasteiger partial charge on any atom is -0.426 e. The van der Waals surface area contributed by atoms with E-state index < -0.39 is 0 Å². The van der Waals surface area contributed by atoms with Gasteiger partial charge >= 0.3 is 5.97 Å². The minimum absolute atomic E-state index is 0.0198. The zero-order chi connectivity index (χ0) is 12.4. The Morgan fingerprint density at radius 2 is 2.24 bits per heavy atom. The molecule has 1 heterocycles. The van der Waals surface area contributed by atoms with Gasteiger partial charge in [-0.05, 0) is 18.6 Å². The molecule has 92 valence electrons. The topological polar surface area (TPSA) is 87.6 Å². The minimum atomic E-state index is -0.271. The molecule has 1 aromatic rings. The van der Waals surface area contributed by atoms with Gasteiger partial charge in [-0.2, -0.15) is 0 Å². The van der Waals surface area contributed by atoms with E-state index >= 15 is 0 Å². The molecule has 17 heavy (non-hydrogen) atoms. The van der Waals surface area contributed by atoms with Crippen LogP contribution in [0.5, 0.6) is 5.75 Å². The van der Waals surface area contributed by atoms with Gasteiger partial charge in [0.2, 0.25) is 0 Å². The van der Waals surface area contributed by atoms with Crippen LogP contribution in [-0.4, -0.2) is 18.7 Å². The molecule has 0 spiro atoms. The predicted octanol–water partition coefficient (Wildman–Crippen LogP) is 1.18. The summed E-state index contributed by atoms with van der Waals surface area (Å²) in [5, 5.41) is 0. The highest BCUT2D eigenvalue weighted by atomic mass is 16.6. The summed E-state index contributed by atoms with van der Waals surface area (Å²) in [7, 11) is 0. The summed E-state index contributed by atoms with van der Waals surface area (Å²) < 4.78 is 10.5. The fourth-order valence-corrected chi connectivity index (χ4v) is 1.76. The lowest BCUT2D eigenvalue weighted by Gasteiger charge is -2.34. The maximum Gasteiger partial charge on any atom is 0.319 e. The van der Waals surface area contributed by atoms with Crippen LogP contribution in [0.2, 0.25) is 0 Å². The van der Waals surface area contributed by atoms with Gasteiger partial charge in [0, 0.05) is 6.07 Å². The lowest BCUT2D eigenvalue weighted by atomic mass is 9.96. The van der Waals surface area contributed by atoms with Gasteiger partial charge in [-0.3, -0.25) is 4.79 Å². The lowest BCUT2D eigenvalue weighted by Crippen LogP contribution is -2.46. The first-order valence-electron chi connectivity index (χ1n) is 5.60. The summed E-state index contributed by atoms with van der Waals surface area (Å²) >= 11 is 0. The Morgan fingerprint density at radius 3 is 2.76 bits per heavy atom. The number of hydrogen-bond donors (Lipinski definition) is 2. The van der Waals surface area contributed by atoms with Crippen LogP contribution < -0.4 is 16.2 Å². The molecule has 2 rings (SSSR count). The van der Waals surface area contributed by atoms with E-state index in [2.05, 4.69) is 0 Å². The van der Waals surface area contributed by atoms with Crippen molar-refractivity contribution in [3.8, 4) is 5.75 Å². The molecule has 2 unspecified atom stereocenters. The van der Waals surface area contributed by atoms with Crippen molar-refractivity contribution < 1.29 is 14.3 Å². The summed E-state index contributed by atoms with van der Waals surface area (Å²) in [5.74, 6) is -0.0190. The standard InChI is InChI=1S/C12H16N2O3/c1-2-11-8(6-16-11)12(15)17-7-3-4-9(13)10(14)5-7/h3-5,8,11H,2,6,13-14H2,1H3. The van der Waals surface area contributed by atoms with Gasteiger partial charge in [0.05, 0.1) is 24.1 Å². The molecule has 5 nitrogen and oxygen atoms in total. The first kappa shape index (κ1) is 11.7. The third kappa shape index (κ3) is 2.34. The quantitative estimate of drug-likeness (QED) is 0.467. The van der Waals surface area contributed by atoms with Crippen LogP contribution in [0, 0.1) is 5.92 Å². The van der Waals surface area contributed by atoms with Crippen LogP contribution in [0.3, 0.4) is 0 Å². The highest BCUT2D eigenvalue weighted by Gasteiger charge is 2.38. The molecule has 0 aromatic heterocycles. The summed E-state index contributed by atoms with van der Waals surface area (Å²) in [5.41, 5.74) is 12.1. The zero-order valence-corrected chi connectivity index (χ0v) is 9.68. The largest absolute Gasteiger partial charge is 0.426 e. The molecule has 1 saturated heterocycles. The third-order valence-corrected chi connectivity index (χ3v) is 2.92. The third-order valence-electron chi connectivity index (χ3n) is 2.92. The van der Waals surface area contributed by atoms with Crippen molar-refractivity contribution in [1.29, 1.82) is 0 Å². The molecule has 2 atom stereocenters. The van der Waals surface area contributed by atoms with Crippen molar-refractivity contribution in [2.75, 3.05) is 18.1 Å². The van der Waals surface area contributed by atoms with E-state index in [1.54, 1.807) is 18.2 Å². The maximum absolute atomic E-state index is 11.8. The first-order valence-corrected chi connectivity index (χ1v) is 5.60. The Morgan fingerprint density at radius 1 is 1.47 bits per heavy atom. The Bertz CT molecular complexity index is 432. The normalized spacial score (nSPS) is 22.9. The molecule has 0 amide bonds. The van der Waals surface area contributed by atoms with Gasteiger partial charge in [-0.15, -0.1) is 0 Å². The van der Waals surface area contributed by atoms with Gasteiger partial charge < -0.3 is 20.9 Å². The van der Waals surface area contributed by atoms with E-state index in [-0.39, 0.29) is 18.0 Å². The number of nitrogens with two attached hydrogens (primary N) is 2. The molecule has 1 aliphatic rings. The van der Waals surface area contributed by atoms with Crippen LogP contribution in [0.15, 0.2) is 18.2 Å². The number of hydrogen-bond acceptors (Lipinski definition) is 5. The fraction of sp³-hybridized carbons (Fsp3) is 0.417. The molecule has 0 aliphatic carbocycles. The van der Waals surface area contributed by atoms with Crippen molar-refractivity contribution in [3.63, 3.8) is 0 Å². The average Bonchev–Trinajstić information content (AvgIpc) is 2.22. The number of esters is 1. The lowest BCUT2D eigenvalue weighted by molar-refractivity contribution is -0.170.